The second-order valence-electron chi connectivity index (χ2n) is 4.61. The molecule has 0 aliphatic heterocycles. The molecule has 5 heteroatoms. The molecule has 16 heavy (non-hydrogen) atoms. The van der Waals surface area contributed by atoms with Gasteiger partial charge in [0.15, 0.2) is 0 Å². The van der Waals surface area contributed by atoms with E-state index in [4.69, 9.17) is 9.84 Å². The van der Waals surface area contributed by atoms with Gasteiger partial charge in [-0.05, 0) is 25.7 Å². The number of carboxylic acids is 1. The number of amides is 1. The number of carboxylic acid groups (broad SMARTS) is 1. The van der Waals surface area contributed by atoms with Crippen molar-refractivity contribution in [1.82, 2.24) is 4.90 Å². The molecule has 0 spiro atoms. The first-order valence-corrected chi connectivity index (χ1v) is 5.65. The largest absolute Gasteiger partial charge is 0.480 e. The number of rotatable bonds is 6. The third-order valence-electron chi connectivity index (χ3n) is 3.35. The Morgan fingerprint density at radius 2 is 2.06 bits per heavy atom. The van der Waals surface area contributed by atoms with Crippen molar-refractivity contribution < 1.29 is 19.4 Å². The first-order chi connectivity index (χ1) is 7.62. The Balaban J connectivity index is 2.02. The van der Waals surface area contributed by atoms with Crippen molar-refractivity contribution >= 4 is 11.9 Å². The van der Waals surface area contributed by atoms with Crippen molar-refractivity contribution in [3.8, 4) is 0 Å². The molecular weight excluding hydrogens is 210 g/mol. The number of carbonyl (C=O) groups is 2. The van der Waals surface area contributed by atoms with Gasteiger partial charge in [0.1, 0.15) is 5.41 Å². The lowest BCUT2D eigenvalue weighted by atomic mass is 10.1. The van der Waals surface area contributed by atoms with Gasteiger partial charge in [0.25, 0.3) is 0 Å². The van der Waals surface area contributed by atoms with Gasteiger partial charge in [-0.2, -0.15) is 0 Å². The zero-order chi connectivity index (χ0) is 11.8. The summed E-state index contributed by atoms with van der Waals surface area (Å²) in [5.41, 5.74) is -1.10. The molecule has 2 saturated carbocycles. The molecular formula is C11H17NO4. The Hall–Kier alpha value is -1.10. The molecule has 2 aliphatic carbocycles. The maximum Gasteiger partial charge on any atom is 0.319 e. The SMILES string of the molecule is COCCN(C(=O)C1(C(=O)O)CC1)C1CC1. The van der Waals surface area contributed by atoms with Crippen LogP contribution in [0, 0.1) is 5.41 Å². The Morgan fingerprint density at radius 1 is 1.44 bits per heavy atom. The highest BCUT2D eigenvalue weighted by molar-refractivity contribution is 6.05. The van der Waals surface area contributed by atoms with Gasteiger partial charge in [-0.25, -0.2) is 0 Å². The van der Waals surface area contributed by atoms with Gasteiger partial charge in [0.2, 0.25) is 5.91 Å². The van der Waals surface area contributed by atoms with Crippen LogP contribution in [0.5, 0.6) is 0 Å². The second kappa shape index (κ2) is 4.05. The summed E-state index contributed by atoms with van der Waals surface area (Å²) in [6.07, 6.45) is 2.95. The molecule has 0 aromatic rings. The molecule has 2 rings (SSSR count). The van der Waals surface area contributed by atoms with E-state index in [0.29, 0.717) is 26.0 Å². The van der Waals surface area contributed by atoms with E-state index in [-0.39, 0.29) is 11.9 Å². The molecule has 0 aromatic heterocycles. The summed E-state index contributed by atoms with van der Waals surface area (Å²) in [4.78, 5) is 24.9. The van der Waals surface area contributed by atoms with Gasteiger partial charge in [-0.15, -0.1) is 0 Å². The lowest BCUT2D eigenvalue weighted by molar-refractivity contribution is -0.154. The molecule has 2 aliphatic rings. The van der Waals surface area contributed by atoms with E-state index in [1.165, 1.54) is 0 Å². The number of nitrogens with zero attached hydrogens (tertiary/aromatic N) is 1. The van der Waals surface area contributed by atoms with Crippen molar-refractivity contribution in [2.24, 2.45) is 5.41 Å². The van der Waals surface area contributed by atoms with E-state index in [1.807, 2.05) is 0 Å². The van der Waals surface area contributed by atoms with Crippen LogP contribution in [0.15, 0.2) is 0 Å². The molecule has 0 radical (unpaired) electrons. The first-order valence-electron chi connectivity index (χ1n) is 5.65. The van der Waals surface area contributed by atoms with Crippen LogP contribution in [0.2, 0.25) is 0 Å². The van der Waals surface area contributed by atoms with E-state index in [2.05, 4.69) is 0 Å². The number of methoxy groups -OCH3 is 1. The predicted octanol–water partition coefficient (Wildman–Crippen LogP) is 0.489. The van der Waals surface area contributed by atoms with Crippen molar-refractivity contribution in [3.63, 3.8) is 0 Å². The van der Waals surface area contributed by atoms with Gasteiger partial charge in [0, 0.05) is 19.7 Å². The molecule has 0 unspecified atom stereocenters. The number of hydrogen-bond donors (Lipinski definition) is 1. The van der Waals surface area contributed by atoms with Crippen molar-refractivity contribution in [2.75, 3.05) is 20.3 Å². The Morgan fingerprint density at radius 3 is 2.44 bits per heavy atom. The van der Waals surface area contributed by atoms with Gasteiger partial charge in [-0.1, -0.05) is 0 Å². The van der Waals surface area contributed by atoms with Gasteiger partial charge in [-0.3, -0.25) is 9.59 Å². The van der Waals surface area contributed by atoms with E-state index >= 15 is 0 Å². The smallest absolute Gasteiger partial charge is 0.319 e. The standard InChI is InChI=1S/C11H17NO4/c1-16-7-6-12(8-2-3-8)9(13)11(4-5-11)10(14)15/h8H,2-7H2,1H3,(H,14,15). The first kappa shape index (κ1) is 11.4. The van der Waals surface area contributed by atoms with Crippen LogP contribution in [0.25, 0.3) is 0 Å². The molecule has 0 aromatic carbocycles. The Labute approximate surface area is 94.4 Å². The highest BCUT2D eigenvalue weighted by Gasteiger charge is 2.59. The van der Waals surface area contributed by atoms with Crippen molar-refractivity contribution in [3.05, 3.63) is 0 Å². The average molecular weight is 227 g/mol. The fourth-order valence-electron chi connectivity index (χ4n) is 1.94. The van der Waals surface area contributed by atoms with Gasteiger partial charge in [0.05, 0.1) is 6.61 Å². The lowest BCUT2D eigenvalue weighted by Gasteiger charge is -2.25. The van der Waals surface area contributed by atoms with E-state index in [1.54, 1.807) is 12.0 Å². The third-order valence-corrected chi connectivity index (χ3v) is 3.35. The van der Waals surface area contributed by atoms with Crippen LogP contribution < -0.4 is 0 Å². The minimum absolute atomic E-state index is 0.209. The molecule has 5 nitrogen and oxygen atoms in total. The van der Waals surface area contributed by atoms with Gasteiger partial charge >= 0.3 is 5.97 Å². The minimum Gasteiger partial charge on any atom is -0.480 e. The molecule has 0 heterocycles. The monoisotopic (exact) mass is 227 g/mol. The molecule has 2 fully saturated rings. The quantitative estimate of drug-likeness (QED) is 0.670. The van der Waals surface area contributed by atoms with Crippen LogP contribution in [-0.4, -0.2) is 48.2 Å². The summed E-state index contributed by atoms with van der Waals surface area (Å²) in [5.74, 6) is -1.18. The number of hydrogen-bond acceptors (Lipinski definition) is 3. The molecule has 0 saturated heterocycles. The zero-order valence-electron chi connectivity index (χ0n) is 9.44. The number of ether oxygens (including phenoxy) is 1. The summed E-state index contributed by atoms with van der Waals surface area (Å²) in [6, 6.07) is 0.250. The maximum absolute atomic E-state index is 12.1. The summed E-state index contributed by atoms with van der Waals surface area (Å²) in [5, 5.41) is 9.07. The van der Waals surface area contributed by atoms with E-state index in [0.717, 1.165) is 12.8 Å². The normalized spacial score (nSPS) is 21.6. The molecule has 1 amide bonds. The Kier molecular flexibility index (Phi) is 2.88. The Bertz CT molecular complexity index is 307. The second-order valence-corrected chi connectivity index (χ2v) is 4.61. The van der Waals surface area contributed by atoms with Crippen LogP contribution in [0.1, 0.15) is 25.7 Å². The molecule has 90 valence electrons. The van der Waals surface area contributed by atoms with Crippen LogP contribution in [-0.2, 0) is 14.3 Å². The average Bonchev–Trinajstić information content (AvgIpc) is 3.11. The van der Waals surface area contributed by atoms with Crippen LogP contribution in [0.3, 0.4) is 0 Å². The molecule has 0 bridgehead atoms. The fraction of sp³-hybridized carbons (Fsp3) is 0.818. The van der Waals surface area contributed by atoms with Crippen LogP contribution in [0.4, 0.5) is 0 Å². The zero-order valence-corrected chi connectivity index (χ0v) is 9.44. The summed E-state index contributed by atoms with van der Waals surface area (Å²) in [6.45, 7) is 0.979. The predicted molar refractivity (Wildman–Crippen MR) is 55.9 cm³/mol. The summed E-state index contributed by atoms with van der Waals surface area (Å²) >= 11 is 0. The molecule has 1 N–H and O–H groups in total. The highest BCUT2D eigenvalue weighted by atomic mass is 16.5. The van der Waals surface area contributed by atoms with Gasteiger partial charge < -0.3 is 14.7 Å². The fourth-order valence-corrected chi connectivity index (χ4v) is 1.94. The minimum atomic E-state index is -1.10. The van der Waals surface area contributed by atoms with Crippen LogP contribution >= 0.6 is 0 Å². The van der Waals surface area contributed by atoms with Crippen molar-refractivity contribution in [2.45, 2.75) is 31.7 Å². The lowest BCUT2D eigenvalue weighted by Crippen LogP contribution is -2.43. The summed E-state index contributed by atoms with van der Waals surface area (Å²) in [7, 11) is 1.58. The number of aliphatic carboxylic acids is 1. The topological polar surface area (TPSA) is 66.8 Å². The van der Waals surface area contributed by atoms with Crippen molar-refractivity contribution in [1.29, 1.82) is 0 Å². The highest BCUT2D eigenvalue weighted by Crippen LogP contribution is 2.48. The number of carbonyl (C=O) groups excluding carboxylic acids is 1. The maximum atomic E-state index is 12.1. The van der Waals surface area contributed by atoms with E-state index in [9.17, 15) is 9.59 Å². The third kappa shape index (κ3) is 1.91. The molecule has 0 atom stereocenters. The summed E-state index contributed by atoms with van der Waals surface area (Å²) < 4.78 is 4.95. The van der Waals surface area contributed by atoms with E-state index < -0.39 is 11.4 Å².